The third-order valence-corrected chi connectivity index (χ3v) is 3.87. The number of benzene rings is 2. The summed E-state index contributed by atoms with van der Waals surface area (Å²) in [7, 11) is 0. The summed E-state index contributed by atoms with van der Waals surface area (Å²) in [6.45, 7) is 0. The maximum atomic E-state index is 13.0. The van der Waals surface area contributed by atoms with Gasteiger partial charge in [0.05, 0.1) is 15.1 Å². The predicted octanol–water partition coefficient (Wildman–Crippen LogP) is 5.68. The number of carbonyl (C=O) groups excluding carboxylic acids is 1. The highest BCUT2D eigenvalue weighted by Crippen LogP contribution is 2.33. The lowest BCUT2D eigenvalue weighted by molar-refractivity contribution is 0.104. The lowest BCUT2D eigenvalue weighted by atomic mass is 10.1. The smallest absolute Gasteiger partial charge is 0.187 e. The summed E-state index contributed by atoms with van der Waals surface area (Å²) in [4.78, 5) is 12.0. The van der Waals surface area contributed by atoms with Crippen molar-refractivity contribution < 1.29 is 9.18 Å². The monoisotopic (exact) mass is 328 g/mol. The fourth-order valence-corrected chi connectivity index (χ4v) is 2.22. The molecular weight excluding hydrogens is 322 g/mol. The molecular formula is C15H8Cl3FO. The molecule has 0 atom stereocenters. The van der Waals surface area contributed by atoms with E-state index in [0.717, 1.165) is 0 Å². The molecule has 0 saturated heterocycles. The van der Waals surface area contributed by atoms with Gasteiger partial charge in [0, 0.05) is 5.56 Å². The van der Waals surface area contributed by atoms with Crippen LogP contribution in [-0.2, 0) is 0 Å². The second-order valence-electron chi connectivity index (χ2n) is 3.98. The number of halogens is 4. The van der Waals surface area contributed by atoms with Crippen molar-refractivity contribution in [1.29, 1.82) is 0 Å². The number of hydrogen-bond donors (Lipinski definition) is 0. The second-order valence-corrected chi connectivity index (χ2v) is 5.14. The van der Waals surface area contributed by atoms with Crippen LogP contribution < -0.4 is 0 Å². The van der Waals surface area contributed by atoms with Crippen LogP contribution >= 0.6 is 34.8 Å². The summed E-state index contributed by atoms with van der Waals surface area (Å²) < 4.78 is 13.0. The van der Waals surface area contributed by atoms with E-state index in [1.807, 2.05) is 0 Å². The largest absolute Gasteiger partial charge is 0.289 e. The summed E-state index contributed by atoms with van der Waals surface area (Å²) in [6, 6.07) is 8.89. The highest BCUT2D eigenvalue weighted by molar-refractivity contribution is 6.49. The molecule has 0 N–H and O–H groups in total. The van der Waals surface area contributed by atoms with Gasteiger partial charge in [0.25, 0.3) is 0 Å². The van der Waals surface area contributed by atoms with Crippen molar-refractivity contribution in [2.24, 2.45) is 0 Å². The van der Waals surface area contributed by atoms with Crippen LogP contribution in [0.2, 0.25) is 15.1 Å². The fourth-order valence-electron chi connectivity index (χ4n) is 1.59. The van der Waals surface area contributed by atoms with E-state index in [2.05, 4.69) is 0 Å². The zero-order chi connectivity index (χ0) is 14.7. The lowest BCUT2D eigenvalue weighted by Crippen LogP contribution is -1.96. The van der Waals surface area contributed by atoms with Crippen molar-refractivity contribution in [3.8, 4) is 0 Å². The van der Waals surface area contributed by atoms with Gasteiger partial charge in [-0.1, -0.05) is 53.0 Å². The van der Waals surface area contributed by atoms with Crippen LogP contribution in [0.1, 0.15) is 15.9 Å². The van der Waals surface area contributed by atoms with Gasteiger partial charge in [0.1, 0.15) is 5.82 Å². The van der Waals surface area contributed by atoms with E-state index >= 15 is 0 Å². The van der Waals surface area contributed by atoms with Crippen LogP contribution in [0.5, 0.6) is 0 Å². The second kappa shape index (κ2) is 6.40. The SMILES string of the molecule is O=C(/C=C/c1cccc(F)c1)c1ccc(Cl)c(Cl)c1Cl. The Bertz CT molecular complexity index is 696. The van der Waals surface area contributed by atoms with E-state index in [0.29, 0.717) is 5.56 Å². The molecule has 0 aliphatic carbocycles. The van der Waals surface area contributed by atoms with Gasteiger partial charge in [0.15, 0.2) is 5.78 Å². The first-order valence-electron chi connectivity index (χ1n) is 5.60. The van der Waals surface area contributed by atoms with E-state index in [1.165, 1.54) is 36.4 Å². The number of rotatable bonds is 3. The van der Waals surface area contributed by atoms with Crippen molar-refractivity contribution >= 4 is 46.7 Å². The van der Waals surface area contributed by atoms with E-state index in [9.17, 15) is 9.18 Å². The molecule has 0 aliphatic rings. The molecule has 0 aromatic heterocycles. The number of carbonyl (C=O) groups is 1. The minimum absolute atomic E-state index is 0.105. The van der Waals surface area contributed by atoms with Crippen molar-refractivity contribution in [3.05, 3.63) is 74.5 Å². The third-order valence-electron chi connectivity index (χ3n) is 2.58. The van der Waals surface area contributed by atoms with Gasteiger partial charge >= 0.3 is 0 Å². The van der Waals surface area contributed by atoms with Crippen LogP contribution in [0.15, 0.2) is 42.5 Å². The topological polar surface area (TPSA) is 17.1 Å². The Morgan fingerprint density at radius 1 is 1.05 bits per heavy atom. The molecule has 102 valence electrons. The van der Waals surface area contributed by atoms with E-state index in [4.69, 9.17) is 34.8 Å². The number of hydrogen-bond acceptors (Lipinski definition) is 1. The van der Waals surface area contributed by atoms with E-state index in [1.54, 1.807) is 12.1 Å². The molecule has 0 radical (unpaired) electrons. The quantitative estimate of drug-likeness (QED) is 0.402. The zero-order valence-electron chi connectivity index (χ0n) is 10.0. The molecule has 0 amide bonds. The van der Waals surface area contributed by atoms with Crippen molar-refractivity contribution in [1.82, 2.24) is 0 Å². The van der Waals surface area contributed by atoms with Crippen LogP contribution in [0.25, 0.3) is 6.08 Å². The zero-order valence-corrected chi connectivity index (χ0v) is 12.3. The third kappa shape index (κ3) is 3.40. The molecule has 0 fully saturated rings. The van der Waals surface area contributed by atoms with Crippen LogP contribution in [-0.4, -0.2) is 5.78 Å². The van der Waals surface area contributed by atoms with Crippen molar-refractivity contribution in [2.75, 3.05) is 0 Å². The molecule has 0 bridgehead atoms. The van der Waals surface area contributed by atoms with Gasteiger partial charge in [0.2, 0.25) is 0 Å². The van der Waals surface area contributed by atoms with Gasteiger partial charge in [-0.2, -0.15) is 0 Å². The number of allylic oxidation sites excluding steroid dienone is 1. The summed E-state index contributed by atoms with van der Waals surface area (Å²) in [6.07, 6.45) is 2.81. The fraction of sp³-hybridized carbons (Fsp3) is 0. The molecule has 5 heteroatoms. The first-order chi connectivity index (χ1) is 9.49. The van der Waals surface area contributed by atoms with Crippen LogP contribution in [0, 0.1) is 5.82 Å². The molecule has 0 spiro atoms. The van der Waals surface area contributed by atoms with Gasteiger partial charge in [-0.05, 0) is 35.9 Å². The molecule has 20 heavy (non-hydrogen) atoms. The first-order valence-corrected chi connectivity index (χ1v) is 6.74. The summed E-state index contributed by atoms with van der Waals surface area (Å²) in [5, 5.41) is 0.522. The maximum Gasteiger partial charge on any atom is 0.187 e. The Labute approximate surface area is 130 Å². The van der Waals surface area contributed by atoms with Gasteiger partial charge < -0.3 is 0 Å². The normalized spacial score (nSPS) is 11.0. The van der Waals surface area contributed by atoms with E-state index in [-0.39, 0.29) is 32.2 Å². The summed E-state index contributed by atoms with van der Waals surface area (Å²) in [5.41, 5.74) is 0.822. The number of ketones is 1. The molecule has 2 aromatic rings. The van der Waals surface area contributed by atoms with Crippen molar-refractivity contribution in [2.45, 2.75) is 0 Å². The van der Waals surface area contributed by atoms with Gasteiger partial charge in [-0.25, -0.2) is 4.39 Å². The minimum Gasteiger partial charge on any atom is -0.289 e. The maximum absolute atomic E-state index is 13.0. The Kier molecular flexibility index (Phi) is 4.81. The Hall–Kier alpha value is -1.35. The average molecular weight is 330 g/mol. The van der Waals surface area contributed by atoms with Crippen molar-refractivity contribution in [3.63, 3.8) is 0 Å². The molecule has 2 rings (SSSR count). The highest BCUT2D eigenvalue weighted by Gasteiger charge is 2.13. The Morgan fingerprint density at radius 2 is 1.80 bits per heavy atom. The Morgan fingerprint density at radius 3 is 2.50 bits per heavy atom. The van der Waals surface area contributed by atoms with Crippen LogP contribution in [0.4, 0.5) is 4.39 Å². The molecule has 0 unspecified atom stereocenters. The molecule has 1 nitrogen and oxygen atoms in total. The summed E-state index contributed by atoms with van der Waals surface area (Å²) >= 11 is 17.6. The molecule has 0 aliphatic heterocycles. The molecule has 2 aromatic carbocycles. The highest BCUT2D eigenvalue weighted by atomic mass is 35.5. The Balaban J connectivity index is 2.27. The average Bonchev–Trinajstić information content (AvgIpc) is 2.42. The standard InChI is InChI=1S/C15H8Cl3FO/c16-12-6-5-11(14(17)15(12)18)13(20)7-4-9-2-1-3-10(19)8-9/h1-8H/b7-4+. The minimum atomic E-state index is -0.368. The lowest BCUT2D eigenvalue weighted by Gasteiger charge is -2.03. The molecule has 0 saturated carbocycles. The summed E-state index contributed by atoms with van der Waals surface area (Å²) in [5.74, 6) is -0.704. The molecule has 0 heterocycles. The first kappa shape index (κ1) is 15.0. The van der Waals surface area contributed by atoms with Crippen LogP contribution in [0.3, 0.4) is 0 Å². The van der Waals surface area contributed by atoms with Gasteiger partial charge in [-0.15, -0.1) is 0 Å². The van der Waals surface area contributed by atoms with Gasteiger partial charge in [-0.3, -0.25) is 4.79 Å². The predicted molar refractivity (Wildman–Crippen MR) is 81.2 cm³/mol. The van der Waals surface area contributed by atoms with E-state index < -0.39 is 0 Å².